The van der Waals surface area contributed by atoms with Crippen LogP contribution in [-0.4, -0.2) is 18.2 Å². The quantitative estimate of drug-likeness (QED) is 0.767. The molecular weight excluding hydrogens is 352 g/mol. The Morgan fingerprint density at radius 3 is 2.54 bits per heavy atom. The molecule has 0 atom stereocenters. The smallest absolute Gasteiger partial charge is 0.289 e. The monoisotopic (exact) mass is 376 g/mol. The summed E-state index contributed by atoms with van der Waals surface area (Å²) in [5.41, 5.74) is 3.11. The summed E-state index contributed by atoms with van der Waals surface area (Å²) in [5, 5.41) is 13.9. The van der Waals surface area contributed by atoms with E-state index in [4.69, 9.17) is 9.47 Å². The van der Waals surface area contributed by atoms with Crippen LogP contribution in [0.3, 0.4) is 0 Å². The molecule has 26 heavy (non-hydrogen) atoms. The van der Waals surface area contributed by atoms with Crippen molar-refractivity contribution in [2.75, 3.05) is 12.4 Å². The number of rotatable bonds is 3. The molecule has 2 aromatic rings. The van der Waals surface area contributed by atoms with Gasteiger partial charge in [-0.25, -0.2) is 4.99 Å². The predicted octanol–water partition coefficient (Wildman–Crippen LogP) is 4.62. The highest BCUT2D eigenvalue weighted by atomic mass is 35.5. The first kappa shape index (κ1) is 19.9. The highest BCUT2D eigenvalue weighted by Crippen LogP contribution is 2.44. The Labute approximate surface area is 160 Å². The third-order valence-electron chi connectivity index (χ3n) is 4.23. The number of halogens is 1. The van der Waals surface area contributed by atoms with Gasteiger partial charge >= 0.3 is 0 Å². The lowest BCUT2D eigenvalue weighted by molar-refractivity contribution is 0.274. The minimum Gasteiger partial charge on any atom is -0.505 e. The van der Waals surface area contributed by atoms with Crippen LogP contribution in [0.2, 0.25) is 0 Å². The van der Waals surface area contributed by atoms with Gasteiger partial charge in [0.25, 0.3) is 6.02 Å². The molecule has 0 radical (unpaired) electrons. The highest BCUT2D eigenvalue weighted by Gasteiger charge is 2.28. The van der Waals surface area contributed by atoms with Crippen LogP contribution in [0.25, 0.3) is 0 Å². The molecule has 6 heteroatoms. The normalized spacial score (nSPS) is 14.7. The van der Waals surface area contributed by atoms with Gasteiger partial charge in [-0.1, -0.05) is 51.1 Å². The first-order valence-electron chi connectivity index (χ1n) is 8.31. The van der Waals surface area contributed by atoms with Crippen molar-refractivity contribution >= 4 is 24.1 Å². The number of hydrogen-bond donors (Lipinski definition) is 2. The van der Waals surface area contributed by atoms with E-state index < -0.39 is 0 Å². The lowest BCUT2D eigenvalue weighted by Crippen LogP contribution is -2.24. The van der Waals surface area contributed by atoms with Crippen LogP contribution in [0, 0.1) is 0 Å². The number of fused-ring (bicyclic) bond motifs is 1. The van der Waals surface area contributed by atoms with Crippen LogP contribution in [0.15, 0.2) is 41.4 Å². The molecule has 0 fully saturated rings. The number of nitrogens with zero attached hydrogens (tertiary/aromatic N) is 1. The number of aliphatic imine (C=N–C) groups is 1. The molecule has 0 spiro atoms. The molecule has 0 amide bonds. The Morgan fingerprint density at radius 1 is 1.23 bits per heavy atom. The Kier molecular flexibility index (Phi) is 6.03. The van der Waals surface area contributed by atoms with Crippen LogP contribution in [0.5, 0.6) is 11.5 Å². The van der Waals surface area contributed by atoms with Crippen molar-refractivity contribution in [3.05, 3.63) is 53.1 Å². The van der Waals surface area contributed by atoms with Gasteiger partial charge < -0.3 is 19.9 Å². The zero-order valence-corrected chi connectivity index (χ0v) is 16.3. The second-order valence-electron chi connectivity index (χ2n) is 7.10. The molecule has 5 nitrogen and oxygen atoms in total. The summed E-state index contributed by atoms with van der Waals surface area (Å²) in [4.78, 5) is 4.47. The van der Waals surface area contributed by atoms with Crippen LogP contribution >= 0.6 is 12.4 Å². The van der Waals surface area contributed by atoms with Crippen molar-refractivity contribution in [1.82, 2.24) is 0 Å². The van der Waals surface area contributed by atoms with Gasteiger partial charge in [-0.3, -0.25) is 0 Å². The second kappa shape index (κ2) is 7.87. The summed E-state index contributed by atoms with van der Waals surface area (Å²) < 4.78 is 11.2. The predicted molar refractivity (Wildman–Crippen MR) is 107 cm³/mol. The number of amidine groups is 1. The fourth-order valence-electron chi connectivity index (χ4n) is 2.83. The Balaban J connectivity index is 0.00000243. The molecular formula is C20H25ClN2O3. The molecule has 1 aliphatic rings. The van der Waals surface area contributed by atoms with Crippen molar-refractivity contribution in [2.24, 2.45) is 4.99 Å². The van der Waals surface area contributed by atoms with Gasteiger partial charge in [0.05, 0.1) is 24.9 Å². The molecule has 0 unspecified atom stereocenters. The fourth-order valence-corrected chi connectivity index (χ4v) is 2.83. The number of benzene rings is 2. The maximum atomic E-state index is 10.8. The number of methoxy groups -OCH3 is 1. The van der Waals surface area contributed by atoms with Gasteiger partial charge in [0.15, 0.2) is 0 Å². The Bertz CT molecular complexity index is 799. The third kappa shape index (κ3) is 4.05. The number of phenols is 1. The van der Waals surface area contributed by atoms with Gasteiger partial charge in [0.2, 0.25) is 0 Å². The summed E-state index contributed by atoms with van der Waals surface area (Å²) >= 11 is 0. The van der Waals surface area contributed by atoms with Crippen LogP contribution in [0.1, 0.15) is 37.5 Å². The van der Waals surface area contributed by atoms with E-state index >= 15 is 0 Å². The number of aromatic hydroxyl groups is 1. The van der Waals surface area contributed by atoms with E-state index in [1.165, 1.54) is 0 Å². The van der Waals surface area contributed by atoms with Crippen LogP contribution in [0.4, 0.5) is 5.69 Å². The van der Waals surface area contributed by atoms with Crippen molar-refractivity contribution in [2.45, 2.75) is 39.3 Å². The molecule has 1 heterocycles. The molecule has 0 aromatic heterocycles. The van der Waals surface area contributed by atoms with Crippen molar-refractivity contribution < 1.29 is 14.6 Å². The van der Waals surface area contributed by atoms with E-state index in [0.717, 1.165) is 16.7 Å². The first-order valence-corrected chi connectivity index (χ1v) is 8.31. The van der Waals surface area contributed by atoms with E-state index in [0.29, 0.717) is 30.6 Å². The minimum atomic E-state index is -0.215. The summed E-state index contributed by atoms with van der Waals surface area (Å²) in [6.07, 6.45) is 0. The van der Waals surface area contributed by atoms with Gasteiger partial charge in [-0.2, -0.15) is 0 Å². The molecule has 2 N–H and O–H groups in total. The molecule has 0 bridgehead atoms. The zero-order chi connectivity index (χ0) is 18.0. The number of phenolic OH excluding ortho intramolecular Hbond substituents is 1. The van der Waals surface area contributed by atoms with E-state index in [1.54, 1.807) is 7.11 Å². The summed E-state index contributed by atoms with van der Waals surface area (Å²) in [7, 11) is 1.62. The minimum absolute atomic E-state index is 0. The molecule has 140 valence electrons. The Hall–Kier alpha value is -2.40. The number of ether oxygens (including phenoxy) is 2. The van der Waals surface area contributed by atoms with E-state index in [2.05, 4.69) is 31.1 Å². The molecule has 2 aromatic carbocycles. The lowest BCUT2D eigenvalue weighted by atomic mass is 9.84. The average molecular weight is 377 g/mol. The molecule has 1 aliphatic heterocycles. The highest BCUT2D eigenvalue weighted by molar-refractivity contribution is 5.94. The molecule has 3 rings (SSSR count). The second-order valence-corrected chi connectivity index (χ2v) is 7.10. The van der Waals surface area contributed by atoms with E-state index in [1.807, 2.05) is 36.4 Å². The summed E-state index contributed by atoms with van der Waals surface area (Å²) in [5.74, 6) is 0.923. The third-order valence-corrected chi connectivity index (χ3v) is 4.23. The zero-order valence-electron chi connectivity index (χ0n) is 15.5. The van der Waals surface area contributed by atoms with Crippen molar-refractivity contribution in [1.29, 1.82) is 0 Å². The van der Waals surface area contributed by atoms with E-state index in [-0.39, 0.29) is 23.6 Å². The SMILES string of the molecule is COc1cc(C(C)(C)C)c(O)c2c1COC(=NCc1ccccc1)N2.Cl. The standard InChI is InChI=1S/C20H24N2O3.ClH/c1-20(2,3)15-10-16(24-4)14-12-25-19(22-17(14)18(15)23)21-11-13-8-6-5-7-9-13;/h5-10,23H,11-12H2,1-4H3,(H,21,22);1H. The molecule has 0 saturated carbocycles. The van der Waals surface area contributed by atoms with Gasteiger partial charge in [0, 0.05) is 5.56 Å². The maximum Gasteiger partial charge on any atom is 0.289 e. The maximum absolute atomic E-state index is 10.8. The summed E-state index contributed by atoms with van der Waals surface area (Å²) in [6.45, 7) is 6.97. The first-order chi connectivity index (χ1) is 11.9. The largest absolute Gasteiger partial charge is 0.505 e. The van der Waals surface area contributed by atoms with Crippen molar-refractivity contribution in [3.63, 3.8) is 0 Å². The lowest BCUT2D eigenvalue weighted by Gasteiger charge is -2.28. The number of nitrogens with one attached hydrogen (secondary N) is 1. The van der Waals surface area contributed by atoms with Crippen LogP contribution in [-0.2, 0) is 23.3 Å². The average Bonchev–Trinajstić information content (AvgIpc) is 2.60. The van der Waals surface area contributed by atoms with Gasteiger partial charge in [0.1, 0.15) is 18.1 Å². The van der Waals surface area contributed by atoms with Gasteiger partial charge in [-0.15, -0.1) is 12.4 Å². The summed E-state index contributed by atoms with van der Waals surface area (Å²) in [6, 6.07) is 12.2. The fraction of sp³-hybridized carbons (Fsp3) is 0.350. The van der Waals surface area contributed by atoms with Crippen LogP contribution < -0.4 is 10.1 Å². The van der Waals surface area contributed by atoms with Crippen molar-refractivity contribution in [3.8, 4) is 11.5 Å². The Morgan fingerprint density at radius 2 is 1.92 bits per heavy atom. The number of hydrogen-bond acceptors (Lipinski definition) is 4. The van der Waals surface area contributed by atoms with E-state index in [9.17, 15) is 5.11 Å². The molecule has 0 saturated heterocycles. The van der Waals surface area contributed by atoms with Gasteiger partial charge in [-0.05, 0) is 17.0 Å². The number of anilines is 1. The molecule has 0 aliphatic carbocycles. The topological polar surface area (TPSA) is 63.1 Å².